The first kappa shape index (κ1) is 11.6. The van der Waals surface area contributed by atoms with Gasteiger partial charge in [0.2, 0.25) is 0 Å². The van der Waals surface area contributed by atoms with Gasteiger partial charge in [0.15, 0.2) is 0 Å². The van der Waals surface area contributed by atoms with Crippen LogP contribution in [0.1, 0.15) is 12.8 Å². The first-order valence-corrected chi connectivity index (χ1v) is 2.61. The summed E-state index contributed by atoms with van der Waals surface area (Å²) in [6, 6.07) is -0.133. The van der Waals surface area contributed by atoms with Crippen molar-refractivity contribution in [3.63, 3.8) is 0 Å². The summed E-state index contributed by atoms with van der Waals surface area (Å²) in [6.07, 6.45) is 6.31. The van der Waals surface area contributed by atoms with Crippen LogP contribution < -0.4 is 5.73 Å². The van der Waals surface area contributed by atoms with Crippen LogP contribution in [-0.4, -0.2) is 17.8 Å². The van der Waals surface area contributed by atoms with Crippen LogP contribution in [0, 0.1) is 12.3 Å². The molecular weight excluding hydrogens is 138 g/mol. The van der Waals surface area contributed by atoms with Crippen LogP contribution in [0.25, 0.3) is 0 Å². The molecule has 0 spiro atoms. The number of hydrogen-bond acceptors (Lipinski definition) is 2. The van der Waals surface area contributed by atoms with Gasteiger partial charge in [-0.3, -0.25) is 0 Å². The monoisotopic (exact) mass is 149 g/mol. The fraction of sp³-hybridized carbons (Fsp3) is 0.667. The Bertz CT molecular complexity index is 89.5. The van der Waals surface area contributed by atoms with Gasteiger partial charge in [0.05, 0.1) is 6.61 Å². The molecule has 0 bridgehead atoms. The molecule has 1 atom stereocenters. The smallest absolute Gasteiger partial charge is 0.0582 e. The van der Waals surface area contributed by atoms with Gasteiger partial charge in [0.25, 0.3) is 0 Å². The Morgan fingerprint density at radius 2 is 2.22 bits per heavy atom. The highest BCUT2D eigenvalue weighted by molar-refractivity contribution is 5.85. The summed E-state index contributed by atoms with van der Waals surface area (Å²) in [5.41, 5.74) is 5.31. The largest absolute Gasteiger partial charge is 0.395 e. The molecule has 0 aliphatic carbocycles. The first-order chi connectivity index (χ1) is 3.81. The molecule has 0 aromatic rings. The second kappa shape index (κ2) is 7.77. The maximum Gasteiger partial charge on any atom is 0.0582 e. The summed E-state index contributed by atoms with van der Waals surface area (Å²) < 4.78 is 0. The van der Waals surface area contributed by atoms with Crippen molar-refractivity contribution in [1.29, 1.82) is 0 Å². The zero-order chi connectivity index (χ0) is 6.41. The molecule has 0 aromatic heterocycles. The van der Waals surface area contributed by atoms with Gasteiger partial charge in [0.1, 0.15) is 0 Å². The van der Waals surface area contributed by atoms with Crippen molar-refractivity contribution in [3.8, 4) is 12.3 Å². The summed E-state index contributed by atoms with van der Waals surface area (Å²) in [7, 11) is 0. The lowest BCUT2D eigenvalue weighted by atomic mass is 10.2. The number of halogens is 1. The van der Waals surface area contributed by atoms with E-state index in [1.165, 1.54) is 0 Å². The van der Waals surface area contributed by atoms with Crippen molar-refractivity contribution >= 4 is 12.4 Å². The van der Waals surface area contributed by atoms with Crippen molar-refractivity contribution in [2.45, 2.75) is 18.9 Å². The van der Waals surface area contributed by atoms with Gasteiger partial charge >= 0.3 is 0 Å². The van der Waals surface area contributed by atoms with Crippen LogP contribution in [0.15, 0.2) is 0 Å². The van der Waals surface area contributed by atoms with Crippen LogP contribution in [0.5, 0.6) is 0 Å². The Kier molecular flexibility index (Phi) is 9.97. The van der Waals surface area contributed by atoms with Crippen molar-refractivity contribution in [2.75, 3.05) is 6.61 Å². The lowest BCUT2D eigenvalue weighted by Gasteiger charge is -2.02. The van der Waals surface area contributed by atoms with Gasteiger partial charge in [-0.1, -0.05) is 0 Å². The zero-order valence-corrected chi connectivity index (χ0v) is 6.03. The Morgan fingerprint density at radius 3 is 2.56 bits per heavy atom. The fourth-order valence-corrected chi connectivity index (χ4v) is 0.360. The lowest BCUT2D eigenvalue weighted by molar-refractivity contribution is 0.261. The van der Waals surface area contributed by atoms with Gasteiger partial charge in [-0.05, 0) is 6.42 Å². The van der Waals surface area contributed by atoms with Crippen LogP contribution in [0.3, 0.4) is 0 Å². The van der Waals surface area contributed by atoms with E-state index in [1.54, 1.807) is 0 Å². The Morgan fingerprint density at radius 1 is 1.67 bits per heavy atom. The maximum atomic E-state index is 8.37. The summed E-state index contributed by atoms with van der Waals surface area (Å²) >= 11 is 0. The van der Waals surface area contributed by atoms with E-state index in [0.29, 0.717) is 12.8 Å². The van der Waals surface area contributed by atoms with Gasteiger partial charge in [-0.15, -0.1) is 24.8 Å². The average Bonchev–Trinajstić information content (AvgIpc) is 1.83. The van der Waals surface area contributed by atoms with Gasteiger partial charge in [0, 0.05) is 12.5 Å². The quantitative estimate of drug-likeness (QED) is 0.561. The highest BCUT2D eigenvalue weighted by Crippen LogP contribution is 1.89. The molecule has 0 rings (SSSR count). The minimum atomic E-state index is -0.133. The van der Waals surface area contributed by atoms with E-state index in [-0.39, 0.29) is 25.1 Å². The van der Waals surface area contributed by atoms with E-state index in [9.17, 15) is 0 Å². The summed E-state index contributed by atoms with van der Waals surface area (Å²) in [6.45, 7) is 0.0294. The lowest BCUT2D eigenvalue weighted by Crippen LogP contribution is -2.23. The molecule has 0 aromatic carbocycles. The van der Waals surface area contributed by atoms with Crippen LogP contribution in [0.4, 0.5) is 0 Å². The SMILES string of the molecule is C#CCC[C@@H](N)CO.Cl. The predicted molar refractivity (Wildman–Crippen MR) is 40.4 cm³/mol. The Hall–Kier alpha value is -0.230. The zero-order valence-electron chi connectivity index (χ0n) is 5.21. The molecule has 3 N–H and O–H groups in total. The molecule has 0 saturated carbocycles. The highest BCUT2D eigenvalue weighted by atomic mass is 35.5. The minimum absolute atomic E-state index is 0. The third kappa shape index (κ3) is 7.77. The summed E-state index contributed by atoms with van der Waals surface area (Å²) in [5, 5.41) is 8.37. The fourth-order valence-electron chi connectivity index (χ4n) is 0.360. The molecule has 0 amide bonds. The number of aliphatic hydroxyl groups excluding tert-OH is 1. The number of aliphatic hydroxyl groups is 1. The van der Waals surface area contributed by atoms with Gasteiger partial charge in [-0.25, -0.2) is 0 Å². The maximum absolute atomic E-state index is 8.37. The highest BCUT2D eigenvalue weighted by Gasteiger charge is 1.95. The van der Waals surface area contributed by atoms with Crippen molar-refractivity contribution in [2.24, 2.45) is 5.73 Å². The molecule has 0 heterocycles. The molecule has 0 radical (unpaired) electrons. The number of terminal acetylenes is 1. The van der Waals surface area contributed by atoms with E-state index < -0.39 is 0 Å². The molecule has 0 unspecified atom stereocenters. The average molecular weight is 150 g/mol. The molecule has 0 aliphatic heterocycles. The van der Waals surface area contributed by atoms with Crippen LogP contribution in [-0.2, 0) is 0 Å². The molecule has 3 heteroatoms. The summed E-state index contributed by atoms with van der Waals surface area (Å²) in [5.74, 6) is 2.44. The Balaban J connectivity index is 0. The molecule has 54 valence electrons. The molecule has 0 aliphatic rings. The van der Waals surface area contributed by atoms with E-state index in [4.69, 9.17) is 17.3 Å². The number of rotatable bonds is 3. The standard InChI is InChI=1S/C6H11NO.ClH/c1-2-3-4-6(7)5-8;/h1,6,8H,3-5,7H2;1H/t6-;/m1./s1. The number of hydrogen-bond donors (Lipinski definition) is 2. The van der Waals surface area contributed by atoms with Gasteiger partial charge < -0.3 is 10.8 Å². The third-order valence-corrected chi connectivity index (χ3v) is 0.894. The van der Waals surface area contributed by atoms with Gasteiger partial charge in [-0.2, -0.15) is 0 Å². The van der Waals surface area contributed by atoms with Crippen LogP contribution in [0.2, 0.25) is 0 Å². The predicted octanol–water partition coefficient (Wildman–Crippen LogP) is 0.141. The molecule has 0 fully saturated rings. The second-order valence-corrected chi connectivity index (χ2v) is 1.69. The second-order valence-electron chi connectivity index (χ2n) is 1.69. The molecule has 9 heavy (non-hydrogen) atoms. The van der Waals surface area contributed by atoms with E-state index in [0.717, 1.165) is 0 Å². The molecule has 2 nitrogen and oxygen atoms in total. The number of nitrogens with two attached hydrogens (primary N) is 1. The van der Waals surface area contributed by atoms with Crippen molar-refractivity contribution in [1.82, 2.24) is 0 Å². The van der Waals surface area contributed by atoms with Crippen molar-refractivity contribution in [3.05, 3.63) is 0 Å². The van der Waals surface area contributed by atoms with Crippen molar-refractivity contribution < 1.29 is 5.11 Å². The molecular formula is C6H12ClNO. The van der Waals surface area contributed by atoms with E-state index in [2.05, 4.69) is 5.92 Å². The topological polar surface area (TPSA) is 46.2 Å². The van der Waals surface area contributed by atoms with E-state index >= 15 is 0 Å². The molecule has 0 saturated heterocycles. The normalized spacial score (nSPS) is 11.2. The van der Waals surface area contributed by atoms with E-state index in [1.807, 2.05) is 0 Å². The Labute approximate surface area is 61.9 Å². The summed E-state index contributed by atoms with van der Waals surface area (Å²) in [4.78, 5) is 0. The minimum Gasteiger partial charge on any atom is -0.395 e. The van der Waals surface area contributed by atoms with Crippen LogP contribution >= 0.6 is 12.4 Å². The third-order valence-electron chi connectivity index (χ3n) is 0.894. The first-order valence-electron chi connectivity index (χ1n) is 2.61.